The number of rotatable bonds is 4. The maximum Gasteiger partial charge on any atom is 0.165 e. The molecular weight excluding hydrogens is 184 g/mol. The molecular formula is C10H14O2S. The maximum absolute atomic E-state index is 5.48. The van der Waals surface area contributed by atoms with E-state index in [2.05, 4.69) is 12.6 Å². The molecule has 1 aromatic carbocycles. The molecule has 72 valence electrons. The lowest BCUT2D eigenvalue weighted by atomic mass is 10.2. The molecule has 0 saturated heterocycles. The number of ether oxygens (including phenoxy) is 2. The van der Waals surface area contributed by atoms with Gasteiger partial charge in [-0.05, 0) is 13.0 Å². The Morgan fingerprint density at radius 2 is 2.15 bits per heavy atom. The Balaban J connectivity index is 3.05. The molecule has 0 saturated carbocycles. The normalized spacial score (nSPS) is 9.77. The van der Waals surface area contributed by atoms with Gasteiger partial charge in [0.15, 0.2) is 11.5 Å². The van der Waals surface area contributed by atoms with Crippen molar-refractivity contribution in [2.75, 3.05) is 13.7 Å². The van der Waals surface area contributed by atoms with Gasteiger partial charge in [0.05, 0.1) is 13.7 Å². The fraction of sp³-hybridized carbons (Fsp3) is 0.400. The van der Waals surface area contributed by atoms with E-state index in [1.54, 1.807) is 7.11 Å². The molecule has 0 radical (unpaired) electrons. The van der Waals surface area contributed by atoms with Crippen molar-refractivity contribution in [1.82, 2.24) is 0 Å². The van der Waals surface area contributed by atoms with Gasteiger partial charge in [-0.2, -0.15) is 12.6 Å². The van der Waals surface area contributed by atoms with Crippen LogP contribution in [0.1, 0.15) is 12.5 Å². The van der Waals surface area contributed by atoms with E-state index < -0.39 is 0 Å². The molecule has 0 atom stereocenters. The van der Waals surface area contributed by atoms with E-state index in [9.17, 15) is 0 Å². The molecule has 0 N–H and O–H groups in total. The second-order valence-corrected chi connectivity index (χ2v) is 2.86. The lowest BCUT2D eigenvalue weighted by molar-refractivity contribution is 0.308. The molecule has 3 heteroatoms. The quantitative estimate of drug-likeness (QED) is 0.749. The molecule has 0 aliphatic carbocycles. The molecule has 0 fully saturated rings. The zero-order chi connectivity index (χ0) is 9.68. The van der Waals surface area contributed by atoms with Crippen molar-refractivity contribution in [1.29, 1.82) is 0 Å². The van der Waals surface area contributed by atoms with Gasteiger partial charge < -0.3 is 9.47 Å². The van der Waals surface area contributed by atoms with Crippen molar-refractivity contribution in [2.24, 2.45) is 0 Å². The van der Waals surface area contributed by atoms with Crippen molar-refractivity contribution in [3.8, 4) is 11.5 Å². The minimum atomic E-state index is 0.640. The molecule has 0 bridgehead atoms. The van der Waals surface area contributed by atoms with Gasteiger partial charge in [0, 0.05) is 11.3 Å². The molecule has 0 unspecified atom stereocenters. The van der Waals surface area contributed by atoms with Crippen molar-refractivity contribution in [2.45, 2.75) is 12.7 Å². The van der Waals surface area contributed by atoms with Crippen molar-refractivity contribution < 1.29 is 9.47 Å². The summed E-state index contributed by atoms with van der Waals surface area (Å²) >= 11 is 4.22. The fourth-order valence-electron chi connectivity index (χ4n) is 1.15. The second kappa shape index (κ2) is 5.02. The minimum Gasteiger partial charge on any atom is -0.493 e. The third-order valence-electron chi connectivity index (χ3n) is 1.74. The first kappa shape index (κ1) is 10.3. The molecule has 1 aromatic rings. The van der Waals surface area contributed by atoms with Crippen LogP contribution in [0.2, 0.25) is 0 Å². The number of hydrogen-bond acceptors (Lipinski definition) is 3. The summed E-state index contributed by atoms with van der Waals surface area (Å²) in [5.41, 5.74) is 1.06. The van der Waals surface area contributed by atoms with E-state index in [0.29, 0.717) is 12.4 Å². The van der Waals surface area contributed by atoms with E-state index in [1.807, 2.05) is 25.1 Å². The van der Waals surface area contributed by atoms with E-state index >= 15 is 0 Å². The molecule has 0 aliphatic rings. The Hall–Kier alpha value is -0.830. The molecule has 0 aromatic heterocycles. The Kier molecular flexibility index (Phi) is 3.96. The zero-order valence-corrected chi connectivity index (χ0v) is 8.80. The van der Waals surface area contributed by atoms with Crippen LogP contribution in [0.15, 0.2) is 18.2 Å². The Labute approximate surface area is 84.3 Å². The smallest absolute Gasteiger partial charge is 0.165 e. The van der Waals surface area contributed by atoms with Crippen LogP contribution in [-0.2, 0) is 5.75 Å². The first-order valence-electron chi connectivity index (χ1n) is 4.23. The number of methoxy groups -OCH3 is 1. The van der Waals surface area contributed by atoms with Crippen molar-refractivity contribution >= 4 is 12.6 Å². The Morgan fingerprint density at radius 1 is 1.38 bits per heavy atom. The monoisotopic (exact) mass is 198 g/mol. The highest BCUT2D eigenvalue weighted by Crippen LogP contribution is 2.31. The summed E-state index contributed by atoms with van der Waals surface area (Å²) in [6.45, 7) is 2.59. The minimum absolute atomic E-state index is 0.640. The molecule has 13 heavy (non-hydrogen) atoms. The zero-order valence-electron chi connectivity index (χ0n) is 7.91. The fourth-order valence-corrected chi connectivity index (χ4v) is 1.40. The number of thiol groups is 1. The van der Waals surface area contributed by atoms with Crippen LogP contribution >= 0.6 is 12.6 Å². The van der Waals surface area contributed by atoms with E-state index in [0.717, 1.165) is 17.1 Å². The van der Waals surface area contributed by atoms with Crippen LogP contribution in [0.3, 0.4) is 0 Å². The topological polar surface area (TPSA) is 18.5 Å². The van der Waals surface area contributed by atoms with Gasteiger partial charge in [-0.15, -0.1) is 0 Å². The van der Waals surface area contributed by atoms with Crippen LogP contribution in [0.25, 0.3) is 0 Å². The lowest BCUT2D eigenvalue weighted by Crippen LogP contribution is -1.98. The maximum atomic E-state index is 5.48. The first-order valence-corrected chi connectivity index (χ1v) is 4.86. The van der Waals surface area contributed by atoms with Crippen molar-refractivity contribution in [3.63, 3.8) is 0 Å². The summed E-state index contributed by atoms with van der Waals surface area (Å²) in [7, 11) is 1.64. The van der Waals surface area contributed by atoms with Crippen LogP contribution in [0.4, 0.5) is 0 Å². The van der Waals surface area contributed by atoms with Crippen LogP contribution in [0, 0.1) is 0 Å². The number of para-hydroxylation sites is 1. The molecule has 0 heterocycles. The third kappa shape index (κ3) is 2.31. The average molecular weight is 198 g/mol. The van der Waals surface area contributed by atoms with Crippen molar-refractivity contribution in [3.05, 3.63) is 23.8 Å². The summed E-state index contributed by atoms with van der Waals surface area (Å²) in [5.74, 6) is 2.24. The molecule has 0 spiro atoms. The molecule has 0 amide bonds. The Morgan fingerprint density at radius 3 is 2.69 bits per heavy atom. The second-order valence-electron chi connectivity index (χ2n) is 2.54. The van der Waals surface area contributed by atoms with Crippen LogP contribution in [-0.4, -0.2) is 13.7 Å². The Bertz CT molecular complexity index is 251. The molecule has 0 aliphatic heterocycles. The highest BCUT2D eigenvalue weighted by atomic mass is 32.1. The predicted octanol–water partition coefficient (Wildman–Crippen LogP) is 2.52. The van der Waals surface area contributed by atoms with Gasteiger partial charge in [-0.3, -0.25) is 0 Å². The van der Waals surface area contributed by atoms with Gasteiger partial charge in [0.1, 0.15) is 0 Å². The van der Waals surface area contributed by atoms with Gasteiger partial charge in [-0.1, -0.05) is 12.1 Å². The van der Waals surface area contributed by atoms with Gasteiger partial charge in [0.2, 0.25) is 0 Å². The average Bonchev–Trinajstić information content (AvgIpc) is 2.18. The number of benzene rings is 1. The van der Waals surface area contributed by atoms with E-state index in [-0.39, 0.29) is 0 Å². The highest BCUT2D eigenvalue weighted by Gasteiger charge is 2.07. The highest BCUT2D eigenvalue weighted by molar-refractivity contribution is 7.79. The standard InChI is InChI=1S/C10H14O2S/c1-3-12-10-8(7-13)5-4-6-9(10)11-2/h4-6,13H,3,7H2,1-2H3. The van der Waals surface area contributed by atoms with E-state index in [1.165, 1.54) is 0 Å². The third-order valence-corrected chi connectivity index (χ3v) is 2.08. The van der Waals surface area contributed by atoms with Gasteiger partial charge >= 0.3 is 0 Å². The SMILES string of the molecule is CCOc1c(CS)cccc1OC. The summed E-state index contributed by atoms with van der Waals surface area (Å²) in [4.78, 5) is 0. The first-order chi connectivity index (χ1) is 6.33. The van der Waals surface area contributed by atoms with Crippen LogP contribution < -0.4 is 9.47 Å². The summed E-state index contributed by atoms with van der Waals surface area (Å²) < 4.78 is 10.7. The summed E-state index contributed by atoms with van der Waals surface area (Å²) in [6, 6.07) is 5.81. The van der Waals surface area contributed by atoms with Crippen LogP contribution in [0.5, 0.6) is 11.5 Å². The lowest BCUT2D eigenvalue weighted by Gasteiger charge is -2.12. The molecule has 2 nitrogen and oxygen atoms in total. The van der Waals surface area contributed by atoms with Gasteiger partial charge in [0.25, 0.3) is 0 Å². The summed E-state index contributed by atoms with van der Waals surface area (Å²) in [6.07, 6.45) is 0. The molecule has 1 rings (SSSR count). The van der Waals surface area contributed by atoms with E-state index in [4.69, 9.17) is 9.47 Å². The summed E-state index contributed by atoms with van der Waals surface area (Å²) in [5, 5.41) is 0. The largest absolute Gasteiger partial charge is 0.493 e. The predicted molar refractivity (Wildman–Crippen MR) is 56.9 cm³/mol. The number of hydrogen-bond donors (Lipinski definition) is 1. The van der Waals surface area contributed by atoms with Gasteiger partial charge in [-0.25, -0.2) is 0 Å².